The molecule has 0 saturated carbocycles. The van der Waals surface area contributed by atoms with Crippen molar-refractivity contribution >= 4 is 37.4 Å². The van der Waals surface area contributed by atoms with E-state index >= 15 is 0 Å². The molecule has 9 heteroatoms. The van der Waals surface area contributed by atoms with Gasteiger partial charge in [-0.2, -0.15) is 4.31 Å². The van der Waals surface area contributed by atoms with Gasteiger partial charge in [-0.15, -0.1) is 11.3 Å². The molecule has 1 fully saturated rings. The number of rotatable bonds is 5. The Balaban J connectivity index is 1.69. The molecule has 0 unspecified atom stereocenters. The number of sulfonamides is 1. The molecule has 0 radical (unpaired) electrons. The van der Waals surface area contributed by atoms with Gasteiger partial charge in [-0.05, 0) is 35.7 Å². The number of nitrogens with zero attached hydrogens (tertiary/aromatic N) is 1. The standard InChI is InChI=1S/C20H20N2O5S2/c1-26-13-6-8-14(9-7-13)29(24,25)22-10-11-27-16(12-22)18-15-4-2-3-5-17(15)28-19(18)20(21)23/h2-9,16H,10-12H2,1H3,(H2,21,23)/t16-/m0/s1. The van der Waals surface area contributed by atoms with E-state index in [0.29, 0.717) is 16.2 Å². The largest absolute Gasteiger partial charge is 0.497 e. The highest BCUT2D eigenvalue weighted by atomic mass is 32.2. The van der Waals surface area contributed by atoms with Gasteiger partial charge in [0.15, 0.2) is 0 Å². The summed E-state index contributed by atoms with van der Waals surface area (Å²) in [5.74, 6) is 0.0413. The number of methoxy groups -OCH3 is 1. The summed E-state index contributed by atoms with van der Waals surface area (Å²) in [7, 11) is -2.19. The molecule has 2 heterocycles. The van der Waals surface area contributed by atoms with Crippen LogP contribution in [0.25, 0.3) is 10.1 Å². The SMILES string of the molecule is COc1ccc(S(=O)(=O)N2CCO[C@H](c3c(C(N)=O)sc4ccccc34)C2)cc1. The fraction of sp³-hybridized carbons (Fsp3) is 0.250. The molecule has 0 spiro atoms. The molecule has 3 aromatic rings. The van der Waals surface area contributed by atoms with Crippen LogP contribution in [-0.2, 0) is 14.8 Å². The van der Waals surface area contributed by atoms with Crippen molar-refractivity contribution in [3.63, 3.8) is 0 Å². The quantitative estimate of drug-likeness (QED) is 0.668. The number of hydrogen-bond acceptors (Lipinski definition) is 6. The number of benzene rings is 2. The topological polar surface area (TPSA) is 98.9 Å². The van der Waals surface area contributed by atoms with E-state index in [0.717, 1.165) is 10.1 Å². The first-order valence-electron chi connectivity index (χ1n) is 8.99. The minimum Gasteiger partial charge on any atom is -0.497 e. The van der Waals surface area contributed by atoms with Gasteiger partial charge in [0.05, 0.1) is 29.6 Å². The minimum absolute atomic E-state index is 0.107. The molecule has 4 rings (SSSR count). The first-order chi connectivity index (χ1) is 13.9. The zero-order valence-electron chi connectivity index (χ0n) is 15.7. The Morgan fingerprint density at radius 3 is 2.62 bits per heavy atom. The van der Waals surface area contributed by atoms with Gasteiger partial charge in [-0.25, -0.2) is 8.42 Å². The highest BCUT2D eigenvalue weighted by Crippen LogP contribution is 2.38. The van der Waals surface area contributed by atoms with E-state index in [2.05, 4.69) is 0 Å². The normalized spacial score (nSPS) is 18.0. The van der Waals surface area contributed by atoms with E-state index in [1.807, 2.05) is 24.3 Å². The molecule has 0 aliphatic carbocycles. The maximum absolute atomic E-state index is 13.1. The van der Waals surface area contributed by atoms with Crippen LogP contribution in [0.15, 0.2) is 53.4 Å². The Kier molecular flexibility index (Phi) is 5.30. The first-order valence-corrected chi connectivity index (χ1v) is 11.2. The van der Waals surface area contributed by atoms with Gasteiger partial charge in [-0.3, -0.25) is 4.79 Å². The first kappa shape index (κ1) is 19.8. The molecule has 1 aliphatic rings. The van der Waals surface area contributed by atoms with Crippen LogP contribution in [0.3, 0.4) is 0 Å². The van der Waals surface area contributed by atoms with Crippen molar-refractivity contribution in [3.8, 4) is 5.75 Å². The molecule has 7 nitrogen and oxygen atoms in total. The van der Waals surface area contributed by atoms with Crippen LogP contribution in [-0.4, -0.2) is 45.4 Å². The average molecular weight is 433 g/mol. The molecule has 0 bridgehead atoms. The number of fused-ring (bicyclic) bond motifs is 1. The van der Waals surface area contributed by atoms with E-state index in [9.17, 15) is 13.2 Å². The van der Waals surface area contributed by atoms with Gasteiger partial charge in [0.25, 0.3) is 5.91 Å². The predicted molar refractivity (Wildman–Crippen MR) is 111 cm³/mol. The second kappa shape index (κ2) is 7.75. The van der Waals surface area contributed by atoms with Crippen LogP contribution in [0.2, 0.25) is 0 Å². The number of hydrogen-bond donors (Lipinski definition) is 1. The van der Waals surface area contributed by atoms with Crippen molar-refractivity contribution in [1.29, 1.82) is 0 Å². The third kappa shape index (κ3) is 3.62. The van der Waals surface area contributed by atoms with E-state index in [4.69, 9.17) is 15.2 Å². The summed E-state index contributed by atoms with van der Waals surface area (Å²) in [6.07, 6.45) is -0.574. The summed E-state index contributed by atoms with van der Waals surface area (Å²) in [5, 5.41) is 0.861. The second-order valence-corrected chi connectivity index (χ2v) is 9.59. The number of ether oxygens (including phenoxy) is 2. The van der Waals surface area contributed by atoms with Crippen molar-refractivity contribution in [3.05, 3.63) is 59.0 Å². The number of thiophene rings is 1. The minimum atomic E-state index is -3.71. The van der Waals surface area contributed by atoms with Crippen molar-refractivity contribution in [2.24, 2.45) is 5.73 Å². The van der Waals surface area contributed by atoms with Crippen molar-refractivity contribution < 1.29 is 22.7 Å². The van der Waals surface area contributed by atoms with Gasteiger partial charge in [0.1, 0.15) is 5.75 Å². The molecular formula is C20H20N2O5S2. The van der Waals surface area contributed by atoms with Crippen LogP contribution in [0.1, 0.15) is 21.3 Å². The fourth-order valence-electron chi connectivity index (χ4n) is 3.48. The lowest BCUT2D eigenvalue weighted by atomic mass is 10.0. The number of morpholine rings is 1. The number of primary amides is 1. The molecule has 1 aliphatic heterocycles. The number of carbonyl (C=O) groups is 1. The monoisotopic (exact) mass is 432 g/mol. The summed E-state index contributed by atoms with van der Waals surface area (Å²) >= 11 is 1.30. The van der Waals surface area contributed by atoms with E-state index < -0.39 is 22.0 Å². The average Bonchev–Trinajstić information content (AvgIpc) is 3.14. The molecule has 1 amide bonds. The van der Waals surface area contributed by atoms with E-state index in [1.54, 1.807) is 12.1 Å². The van der Waals surface area contributed by atoms with Gasteiger partial charge in [0, 0.05) is 23.4 Å². The molecule has 1 atom stereocenters. The Bertz CT molecular complexity index is 1160. The maximum Gasteiger partial charge on any atom is 0.259 e. The third-order valence-electron chi connectivity index (χ3n) is 4.91. The molecule has 152 valence electrons. The smallest absolute Gasteiger partial charge is 0.259 e. The Labute approximate surface area is 172 Å². The molecule has 1 saturated heterocycles. The summed E-state index contributed by atoms with van der Waals surface area (Å²) in [5.41, 5.74) is 6.26. The molecule has 2 aromatic carbocycles. The van der Waals surface area contributed by atoms with Crippen LogP contribution in [0, 0.1) is 0 Å². The number of amides is 1. The van der Waals surface area contributed by atoms with Crippen LogP contribution in [0.4, 0.5) is 0 Å². The Morgan fingerprint density at radius 1 is 1.21 bits per heavy atom. The van der Waals surface area contributed by atoms with Crippen LogP contribution < -0.4 is 10.5 Å². The highest BCUT2D eigenvalue weighted by Gasteiger charge is 2.34. The third-order valence-corrected chi connectivity index (χ3v) is 7.99. The second-order valence-electron chi connectivity index (χ2n) is 6.60. The van der Waals surface area contributed by atoms with Gasteiger partial charge >= 0.3 is 0 Å². The summed E-state index contributed by atoms with van der Waals surface area (Å²) in [6, 6.07) is 13.8. The van der Waals surface area contributed by atoms with Gasteiger partial charge in [0.2, 0.25) is 10.0 Å². The molecular weight excluding hydrogens is 412 g/mol. The van der Waals surface area contributed by atoms with Crippen LogP contribution in [0.5, 0.6) is 5.75 Å². The van der Waals surface area contributed by atoms with Crippen molar-refractivity contribution in [2.75, 3.05) is 26.8 Å². The zero-order valence-corrected chi connectivity index (χ0v) is 17.3. The lowest BCUT2D eigenvalue weighted by Gasteiger charge is -2.32. The van der Waals surface area contributed by atoms with Crippen LogP contribution >= 0.6 is 11.3 Å². The summed E-state index contributed by atoms with van der Waals surface area (Å²) in [6.45, 7) is 0.566. The predicted octanol–water partition coefficient (Wildman–Crippen LogP) is 2.77. The van der Waals surface area contributed by atoms with Gasteiger partial charge in [-0.1, -0.05) is 18.2 Å². The summed E-state index contributed by atoms with van der Waals surface area (Å²) in [4.78, 5) is 12.6. The fourth-order valence-corrected chi connectivity index (χ4v) is 6.01. The lowest BCUT2D eigenvalue weighted by Crippen LogP contribution is -2.42. The Hall–Kier alpha value is -2.46. The van der Waals surface area contributed by atoms with E-state index in [1.165, 1.54) is 34.9 Å². The van der Waals surface area contributed by atoms with E-state index in [-0.39, 0.29) is 24.6 Å². The van der Waals surface area contributed by atoms with Crippen molar-refractivity contribution in [1.82, 2.24) is 4.31 Å². The summed E-state index contributed by atoms with van der Waals surface area (Å²) < 4.78 is 39.5. The molecule has 29 heavy (non-hydrogen) atoms. The lowest BCUT2D eigenvalue weighted by molar-refractivity contribution is -0.00188. The Morgan fingerprint density at radius 2 is 1.93 bits per heavy atom. The van der Waals surface area contributed by atoms with Crippen molar-refractivity contribution in [2.45, 2.75) is 11.0 Å². The zero-order chi connectivity index (χ0) is 20.6. The number of carbonyl (C=O) groups excluding carboxylic acids is 1. The maximum atomic E-state index is 13.1. The molecule has 1 aromatic heterocycles. The van der Waals surface area contributed by atoms with Gasteiger partial charge < -0.3 is 15.2 Å². The molecule has 2 N–H and O–H groups in total. The number of nitrogens with two attached hydrogens (primary N) is 1. The highest BCUT2D eigenvalue weighted by molar-refractivity contribution is 7.89.